The number of amides is 1. The third kappa shape index (κ3) is 7.33. The molecule has 0 aliphatic rings. The van der Waals surface area contributed by atoms with Gasteiger partial charge in [0, 0.05) is 18.0 Å². The lowest BCUT2D eigenvalue weighted by Crippen LogP contribution is -2.37. The molecule has 0 saturated heterocycles. The molecule has 1 atom stereocenters. The number of nitrogens with one attached hydrogen (secondary N) is 1. The van der Waals surface area contributed by atoms with Crippen molar-refractivity contribution in [1.82, 2.24) is 5.32 Å². The van der Waals surface area contributed by atoms with E-state index in [1.54, 1.807) is 44.4 Å². The van der Waals surface area contributed by atoms with Gasteiger partial charge in [0.15, 0.2) is 11.5 Å². The molecule has 0 fully saturated rings. The van der Waals surface area contributed by atoms with Crippen LogP contribution in [0.3, 0.4) is 0 Å². The highest BCUT2D eigenvalue weighted by Crippen LogP contribution is 2.28. The van der Waals surface area contributed by atoms with Crippen LogP contribution in [0, 0.1) is 6.92 Å². The Hall–Kier alpha value is -2.45. The number of carbonyl (C=O) groups is 1. The van der Waals surface area contributed by atoms with Crippen molar-refractivity contribution in [3.05, 3.63) is 53.1 Å². The SMILES string of the molecule is COc1ccccc1OCC(C)NC(=O)CCCN(c1cccc(Cl)c1C)S(C)(=O)=O. The fourth-order valence-corrected chi connectivity index (χ4v) is 4.24. The van der Waals surface area contributed by atoms with Gasteiger partial charge in [-0.05, 0) is 50.1 Å². The Bertz CT molecular complexity index is 997. The molecule has 0 bridgehead atoms. The van der Waals surface area contributed by atoms with Gasteiger partial charge in [0.25, 0.3) is 0 Å². The van der Waals surface area contributed by atoms with Gasteiger partial charge < -0.3 is 14.8 Å². The van der Waals surface area contributed by atoms with Crippen LogP contribution in [-0.4, -0.2) is 46.9 Å². The maximum Gasteiger partial charge on any atom is 0.232 e. The Morgan fingerprint density at radius 2 is 1.84 bits per heavy atom. The summed E-state index contributed by atoms with van der Waals surface area (Å²) in [4.78, 5) is 12.3. The summed E-state index contributed by atoms with van der Waals surface area (Å²) in [7, 11) is -1.95. The Morgan fingerprint density at radius 3 is 2.48 bits per heavy atom. The predicted octanol–water partition coefficient (Wildman–Crippen LogP) is 3.79. The van der Waals surface area contributed by atoms with Crippen LogP contribution >= 0.6 is 11.6 Å². The highest BCUT2D eigenvalue weighted by molar-refractivity contribution is 7.92. The molecule has 0 heterocycles. The number of carbonyl (C=O) groups excluding carboxylic acids is 1. The van der Waals surface area contributed by atoms with Crippen LogP contribution in [-0.2, 0) is 14.8 Å². The maximum atomic E-state index is 12.3. The summed E-state index contributed by atoms with van der Waals surface area (Å²) in [6.07, 6.45) is 1.69. The highest BCUT2D eigenvalue weighted by Gasteiger charge is 2.20. The monoisotopic (exact) mass is 468 g/mol. The molecule has 1 unspecified atom stereocenters. The van der Waals surface area contributed by atoms with Crippen LogP contribution < -0.4 is 19.1 Å². The Morgan fingerprint density at radius 1 is 1.16 bits per heavy atom. The lowest BCUT2D eigenvalue weighted by molar-refractivity contribution is -0.121. The van der Waals surface area contributed by atoms with E-state index < -0.39 is 10.0 Å². The lowest BCUT2D eigenvalue weighted by atomic mass is 10.2. The van der Waals surface area contributed by atoms with E-state index in [9.17, 15) is 13.2 Å². The minimum Gasteiger partial charge on any atom is -0.493 e. The zero-order valence-corrected chi connectivity index (χ0v) is 19.8. The number of ether oxygens (including phenoxy) is 2. The summed E-state index contributed by atoms with van der Waals surface area (Å²) in [5.74, 6) is 1.05. The van der Waals surface area contributed by atoms with E-state index in [4.69, 9.17) is 21.1 Å². The minimum atomic E-state index is -3.51. The molecular weight excluding hydrogens is 440 g/mol. The number of hydrogen-bond donors (Lipinski definition) is 1. The van der Waals surface area contributed by atoms with E-state index in [0.29, 0.717) is 34.2 Å². The van der Waals surface area contributed by atoms with E-state index in [2.05, 4.69) is 5.32 Å². The van der Waals surface area contributed by atoms with Crippen LogP contribution in [0.5, 0.6) is 11.5 Å². The van der Waals surface area contributed by atoms with Gasteiger partial charge in [0.1, 0.15) is 6.61 Å². The van der Waals surface area contributed by atoms with Crippen molar-refractivity contribution in [3.63, 3.8) is 0 Å². The number of nitrogens with zero attached hydrogens (tertiary/aromatic N) is 1. The van der Waals surface area contributed by atoms with Gasteiger partial charge in [-0.1, -0.05) is 29.8 Å². The molecule has 0 aliphatic heterocycles. The van der Waals surface area contributed by atoms with Crippen molar-refractivity contribution >= 4 is 33.2 Å². The summed E-state index contributed by atoms with van der Waals surface area (Å²) in [6, 6.07) is 12.2. The van der Waals surface area contributed by atoms with Crippen molar-refractivity contribution in [2.75, 3.05) is 30.8 Å². The second-order valence-corrected chi connectivity index (χ2v) is 9.57. The molecule has 0 saturated carbocycles. The van der Waals surface area contributed by atoms with E-state index in [1.807, 2.05) is 19.1 Å². The molecule has 0 spiro atoms. The standard InChI is InChI=1S/C22H29ClN2O5S/c1-16(15-30-21-12-6-5-11-20(21)29-3)24-22(26)13-8-14-25(31(4,27)28)19-10-7-9-18(23)17(19)2/h5-7,9-12,16H,8,13-15H2,1-4H3,(H,24,26). The fraction of sp³-hybridized carbons (Fsp3) is 0.409. The molecular formula is C22H29ClN2O5S. The highest BCUT2D eigenvalue weighted by atomic mass is 35.5. The van der Waals surface area contributed by atoms with Crippen LogP contribution in [0.4, 0.5) is 5.69 Å². The molecule has 31 heavy (non-hydrogen) atoms. The summed E-state index contributed by atoms with van der Waals surface area (Å²) in [5.41, 5.74) is 1.20. The molecule has 170 valence electrons. The van der Waals surface area contributed by atoms with Crippen molar-refractivity contribution in [1.29, 1.82) is 0 Å². The molecule has 0 aromatic heterocycles. The van der Waals surface area contributed by atoms with Gasteiger partial charge >= 0.3 is 0 Å². The van der Waals surface area contributed by atoms with Crippen LogP contribution in [0.2, 0.25) is 5.02 Å². The van der Waals surface area contributed by atoms with Crippen LogP contribution in [0.25, 0.3) is 0 Å². The first-order valence-corrected chi connectivity index (χ1v) is 12.1. The normalized spacial score (nSPS) is 12.2. The predicted molar refractivity (Wildman–Crippen MR) is 124 cm³/mol. The van der Waals surface area contributed by atoms with Gasteiger partial charge in [-0.25, -0.2) is 8.42 Å². The van der Waals surface area contributed by atoms with Crippen molar-refractivity contribution in [3.8, 4) is 11.5 Å². The first kappa shape index (κ1) is 24.8. The summed E-state index contributed by atoms with van der Waals surface area (Å²) in [6.45, 7) is 4.07. The minimum absolute atomic E-state index is 0.174. The largest absolute Gasteiger partial charge is 0.493 e. The van der Waals surface area contributed by atoms with E-state index in [0.717, 1.165) is 6.26 Å². The quantitative estimate of drug-likeness (QED) is 0.542. The van der Waals surface area contributed by atoms with Crippen molar-refractivity contribution < 1.29 is 22.7 Å². The van der Waals surface area contributed by atoms with Crippen LogP contribution in [0.1, 0.15) is 25.3 Å². The summed E-state index contributed by atoms with van der Waals surface area (Å²) >= 11 is 6.14. The zero-order chi connectivity index (χ0) is 23.0. The topological polar surface area (TPSA) is 84.9 Å². The number of hydrogen-bond acceptors (Lipinski definition) is 5. The fourth-order valence-electron chi connectivity index (χ4n) is 3.06. The van der Waals surface area contributed by atoms with E-state index >= 15 is 0 Å². The molecule has 9 heteroatoms. The molecule has 0 radical (unpaired) electrons. The molecule has 1 N–H and O–H groups in total. The van der Waals surface area contributed by atoms with E-state index in [-0.39, 0.29) is 31.5 Å². The van der Waals surface area contributed by atoms with Gasteiger partial charge in [-0.15, -0.1) is 0 Å². The average Bonchev–Trinajstić information content (AvgIpc) is 2.71. The number of rotatable bonds is 11. The van der Waals surface area contributed by atoms with Crippen LogP contribution in [0.15, 0.2) is 42.5 Å². The van der Waals surface area contributed by atoms with Gasteiger partial charge in [0.05, 0.1) is 25.1 Å². The molecule has 0 aliphatic carbocycles. The first-order valence-electron chi connectivity index (χ1n) is 9.91. The molecule has 2 aromatic carbocycles. The zero-order valence-electron chi connectivity index (χ0n) is 18.2. The number of methoxy groups -OCH3 is 1. The van der Waals surface area contributed by atoms with Gasteiger partial charge in [-0.3, -0.25) is 9.10 Å². The number of para-hydroxylation sites is 2. The number of sulfonamides is 1. The maximum absolute atomic E-state index is 12.3. The Balaban J connectivity index is 1.87. The third-order valence-electron chi connectivity index (χ3n) is 4.64. The van der Waals surface area contributed by atoms with Crippen molar-refractivity contribution in [2.45, 2.75) is 32.7 Å². The smallest absolute Gasteiger partial charge is 0.232 e. The van der Waals surface area contributed by atoms with E-state index in [1.165, 1.54) is 4.31 Å². The number of benzene rings is 2. The third-order valence-corrected chi connectivity index (χ3v) is 6.23. The number of halogens is 1. The number of anilines is 1. The van der Waals surface area contributed by atoms with Gasteiger partial charge in [0.2, 0.25) is 15.9 Å². The molecule has 7 nitrogen and oxygen atoms in total. The Kier molecular flexibility index (Phi) is 9.00. The summed E-state index contributed by atoms with van der Waals surface area (Å²) < 4.78 is 36.8. The average molecular weight is 469 g/mol. The lowest BCUT2D eigenvalue weighted by Gasteiger charge is -2.24. The molecule has 1 amide bonds. The Labute approximate surface area is 189 Å². The second kappa shape index (κ2) is 11.2. The van der Waals surface area contributed by atoms with Crippen molar-refractivity contribution in [2.24, 2.45) is 0 Å². The second-order valence-electron chi connectivity index (χ2n) is 7.25. The summed E-state index contributed by atoms with van der Waals surface area (Å²) in [5, 5.41) is 3.36. The van der Waals surface area contributed by atoms with Gasteiger partial charge in [-0.2, -0.15) is 0 Å². The molecule has 2 rings (SSSR count). The first-order chi connectivity index (χ1) is 14.6. The molecule has 2 aromatic rings.